The maximum absolute atomic E-state index is 12.4. The molecule has 146 valence electrons. The minimum atomic E-state index is -0.349. The van der Waals surface area contributed by atoms with Gasteiger partial charge in [-0.1, -0.05) is 6.92 Å². The Morgan fingerprint density at radius 1 is 1.22 bits per heavy atom. The maximum atomic E-state index is 12.4. The molecule has 3 aliphatic carbocycles. The molecule has 0 saturated heterocycles. The third kappa shape index (κ3) is 2.94. The molecule has 6 heteroatoms. The summed E-state index contributed by atoms with van der Waals surface area (Å²) in [4.78, 5) is 23.7. The first-order chi connectivity index (χ1) is 13.0. The van der Waals surface area contributed by atoms with Gasteiger partial charge in [0.05, 0.1) is 11.5 Å². The smallest absolute Gasteiger partial charge is 0.311 e. The van der Waals surface area contributed by atoms with Gasteiger partial charge in [0.1, 0.15) is 12.4 Å². The van der Waals surface area contributed by atoms with Crippen molar-refractivity contribution in [2.75, 3.05) is 20.3 Å². The molecule has 0 unspecified atom stereocenters. The third-order valence-electron chi connectivity index (χ3n) is 7.26. The molecule has 3 aliphatic rings. The number of carbonyl (C=O) groups is 1. The summed E-state index contributed by atoms with van der Waals surface area (Å²) in [5.74, 6) is 1.97. The minimum Gasteiger partial charge on any atom is -0.484 e. The fraction of sp³-hybridized carbons (Fsp3) is 0.667. The van der Waals surface area contributed by atoms with Crippen LogP contribution in [0.15, 0.2) is 12.1 Å². The van der Waals surface area contributed by atoms with Gasteiger partial charge in [-0.25, -0.2) is 0 Å². The highest BCUT2D eigenvalue weighted by molar-refractivity contribution is 5.87. The first-order valence-electron chi connectivity index (χ1n) is 9.92. The molecule has 6 nitrogen and oxygen atoms in total. The molecule has 0 aliphatic heterocycles. The number of carbonyl (C=O) groups excluding carboxylic acids is 1. The van der Waals surface area contributed by atoms with Gasteiger partial charge in [0.25, 0.3) is 0 Å². The van der Waals surface area contributed by atoms with E-state index < -0.39 is 0 Å². The minimum absolute atomic E-state index is 0.0429. The highest BCUT2D eigenvalue weighted by atomic mass is 16.6. The van der Waals surface area contributed by atoms with Crippen LogP contribution >= 0.6 is 0 Å². The van der Waals surface area contributed by atoms with Crippen LogP contribution in [0.4, 0.5) is 5.69 Å². The number of nitrogens with zero attached hydrogens (tertiary/aromatic N) is 1. The average Bonchev–Trinajstić information content (AvgIpc) is 2.96. The summed E-state index contributed by atoms with van der Waals surface area (Å²) in [6.07, 6.45) is 5.47. The molecule has 0 radical (unpaired) electrons. The lowest BCUT2D eigenvalue weighted by Gasteiger charge is -2.48. The van der Waals surface area contributed by atoms with E-state index in [1.54, 1.807) is 13.2 Å². The molecular formula is C21H27NO5. The van der Waals surface area contributed by atoms with E-state index >= 15 is 0 Å². The Morgan fingerprint density at radius 2 is 2.04 bits per heavy atom. The summed E-state index contributed by atoms with van der Waals surface area (Å²) in [5.41, 5.74) is 2.15. The van der Waals surface area contributed by atoms with Crippen molar-refractivity contribution in [3.8, 4) is 5.75 Å². The quantitative estimate of drug-likeness (QED) is 0.442. The molecule has 4 rings (SSSR count). The zero-order valence-corrected chi connectivity index (χ0v) is 16.0. The van der Waals surface area contributed by atoms with E-state index in [0.29, 0.717) is 48.9 Å². The van der Waals surface area contributed by atoms with Crippen LogP contribution in [-0.2, 0) is 16.0 Å². The number of rotatable bonds is 5. The van der Waals surface area contributed by atoms with Gasteiger partial charge < -0.3 is 9.47 Å². The Balaban J connectivity index is 1.67. The van der Waals surface area contributed by atoms with Crippen molar-refractivity contribution in [1.82, 2.24) is 0 Å². The SMILES string of the molecule is COCCOc1cc2c(cc1[N+](=O)[O-])[C@H]1CC[C@]3(C)C(=O)CC[C@H]3[C@@H]1CC2. The Kier molecular flexibility index (Phi) is 4.70. The van der Waals surface area contributed by atoms with Gasteiger partial charge in [-0.3, -0.25) is 14.9 Å². The lowest BCUT2D eigenvalue weighted by Crippen LogP contribution is -2.42. The maximum Gasteiger partial charge on any atom is 0.311 e. The molecule has 1 aromatic carbocycles. The molecule has 0 spiro atoms. The number of ketones is 1. The number of hydrogen-bond acceptors (Lipinski definition) is 5. The van der Waals surface area contributed by atoms with Crippen LogP contribution in [0.1, 0.15) is 56.1 Å². The van der Waals surface area contributed by atoms with E-state index in [0.717, 1.165) is 37.7 Å². The summed E-state index contributed by atoms with van der Waals surface area (Å²) in [5, 5.41) is 11.6. The summed E-state index contributed by atoms with van der Waals surface area (Å²) in [7, 11) is 1.58. The van der Waals surface area contributed by atoms with Crippen LogP contribution < -0.4 is 4.74 Å². The van der Waals surface area contributed by atoms with Gasteiger partial charge in [0.15, 0.2) is 5.75 Å². The fourth-order valence-corrected chi connectivity index (χ4v) is 5.85. The van der Waals surface area contributed by atoms with E-state index in [1.807, 2.05) is 6.07 Å². The Morgan fingerprint density at radius 3 is 2.78 bits per heavy atom. The van der Waals surface area contributed by atoms with E-state index in [9.17, 15) is 14.9 Å². The number of nitro benzene ring substituents is 1. The van der Waals surface area contributed by atoms with Crippen LogP contribution in [0.5, 0.6) is 5.75 Å². The van der Waals surface area contributed by atoms with Gasteiger partial charge in [-0.2, -0.15) is 0 Å². The second-order valence-electron chi connectivity index (χ2n) is 8.45. The van der Waals surface area contributed by atoms with Crippen LogP contribution in [0.2, 0.25) is 0 Å². The van der Waals surface area contributed by atoms with Crippen molar-refractivity contribution in [3.05, 3.63) is 33.4 Å². The summed E-state index contributed by atoms with van der Waals surface area (Å²) < 4.78 is 10.6. The first kappa shape index (κ1) is 18.4. The number of hydrogen-bond donors (Lipinski definition) is 0. The molecular weight excluding hydrogens is 346 g/mol. The Hall–Kier alpha value is -1.95. The van der Waals surface area contributed by atoms with Crippen LogP contribution in [0.3, 0.4) is 0 Å². The Bertz CT molecular complexity index is 776. The monoisotopic (exact) mass is 373 g/mol. The van der Waals surface area contributed by atoms with Gasteiger partial charge in [-0.05, 0) is 67.1 Å². The zero-order valence-electron chi connectivity index (χ0n) is 16.0. The number of nitro groups is 1. The van der Waals surface area contributed by atoms with Crippen molar-refractivity contribution in [2.45, 2.75) is 51.4 Å². The second kappa shape index (κ2) is 6.89. The third-order valence-corrected chi connectivity index (χ3v) is 7.26. The van der Waals surface area contributed by atoms with E-state index in [4.69, 9.17) is 9.47 Å². The number of ether oxygens (including phenoxy) is 2. The van der Waals surface area contributed by atoms with Gasteiger partial charge in [-0.15, -0.1) is 0 Å². The van der Waals surface area contributed by atoms with Crippen molar-refractivity contribution in [3.63, 3.8) is 0 Å². The van der Waals surface area contributed by atoms with E-state index in [-0.39, 0.29) is 16.0 Å². The first-order valence-corrected chi connectivity index (χ1v) is 9.92. The standard InChI is InChI=1S/C21H27NO5/c1-21-8-7-14-15(17(21)5-6-20(21)23)4-3-13-11-19(27-10-9-26-2)18(22(24)25)12-16(13)14/h11-12,14-15,17H,3-10H2,1-2H3/t14-,15+,17-,21-/m0/s1. The molecule has 0 bridgehead atoms. The number of methoxy groups -OCH3 is 1. The molecule has 0 aromatic heterocycles. The van der Waals surface area contributed by atoms with Gasteiger partial charge in [0.2, 0.25) is 0 Å². The highest BCUT2D eigenvalue weighted by Gasteiger charge is 2.54. The van der Waals surface area contributed by atoms with Crippen LogP contribution in [-0.4, -0.2) is 31.0 Å². The van der Waals surface area contributed by atoms with Crippen molar-refractivity contribution >= 4 is 11.5 Å². The lowest BCUT2D eigenvalue weighted by molar-refractivity contribution is -0.386. The molecule has 1 aromatic rings. The molecule has 2 saturated carbocycles. The molecule has 0 amide bonds. The van der Waals surface area contributed by atoms with Gasteiger partial charge >= 0.3 is 5.69 Å². The molecule has 0 N–H and O–H groups in total. The van der Waals surface area contributed by atoms with E-state index in [1.165, 1.54) is 5.56 Å². The number of benzene rings is 1. The average molecular weight is 373 g/mol. The topological polar surface area (TPSA) is 78.7 Å². The highest BCUT2D eigenvalue weighted by Crippen LogP contribution is 2.60. The summed E-state index contributed by atoms with van der Waals surface area (Å²) in [6.45, 7) is 2.84. The fourth-order valence-electron chi connectivity index (χ4n) is 5.85. The van der Waals surface area contributed by atoms with Crippen molar-refractivity contribution in [2.24, 2.45) is 17.3 Å². The Labute approximate surface area is 159 Å². The van der Waals surface area contributed by atoms with E-state index in [2.05, 4.69) is 6.92 Å². The number of Topliss-reactive ketones (excluding diaryl/α,β-unsaturated/α-hetero) is 1. The number of aryl methyl sites for hydroxylation is 1. The predicted molar refractivity (Wildman–Crippen MR) is 100 cm³/mol. The molecule has 2 fully saturated rings. The van der Waals surface area contributed by atoms with Crippen LogP contribution in [0.25, 0.3) is 0 Å². The normalized spacial score (nSPS) is 31.8. The van der Waals surface area contributed by atoms with Gasteiger partial charge in [0, 0.05) is 25.0 Å². The molecule has 27 heavy (non-hydrogen) atoms. The zero-order chi connectivity index (χ0) is 19.2. The van der Waals surface area contributed by atoms with Crippen LogP contribution in [0, 0.1) is 27.4 Å². The predicted octanol–water partition coefficient (Wildman–Crippen LogP) is 4.05. The second-order valence-corrected chi connectivity index (χ2v) is 8.45. The van der Waals surface area contributed by atoms with Crippen molar-refractivity contribution < 1.29 is 19.2 Å². The molecule has 4 atom stereocenters. The van der Waals surface area contributed by atoms with Crippen molar-refractivity contribution in [1.29, 1.82) is 0 Å². The summed E-state index contributed by atoms with van der Waals surface area (Å²) >= 11 is 0. The number of fused-ring (bicyclic) bond motifs is 5. The lowest BCUT2D eigenvalue weighted by atomic mass is 9.55. The molecule has 0 heterocycles. The largest absolute Gasteiger partial charge is 0.484 e. The summed E-state index contributed by atoms with van der Waals surface area (Å²) in [6, 6.07) is 3.61.